The van der Waals surface area contributed by atoms with Crippen molar-refractivity contribution in [3.05, 3.63) is 44.9 Å². The van der Waals surface area contributed by atoms with Gasteiger partial charge in [-0.3, -0.25) is 0 Å². The molecule has 1 heterocycles. The number of hydrogen-bond acceptors (Lipinski definition) is 3. The average molecular weight is 275 g/mol. The van der Waals surface area contributed by atoms with Crippen molar-refractivity contribution in [2.45, 2.75) is 13.5 Å². The van der Waals surface area contributed by atoms with Gasteiger partial charge in [-0.2, -0.15) is 0 Å². The van der Waals surface area contributed by atoms with Gasteiger partial charge in [0, 0.05) is 0 Å². The first-order chi connectivity index (χ1) is 8.08. The molecule has 0 saturated heterocycles. The number of halogens is 3. The summed E-state index contributed by atoms with van der Waals surface area (Å²) < 4.78 is 27.6. The third kappa shape index (κ3) is 2.73. The van der Waals surface area contributed by atoms with E-state index in [1.165, 1.54) is 29.7 Å². The normalized spacial score (nSPS) is 10.6. The van der Waals surface area contributed by atoms with Crippen LogP contribution in [0, 0.1) is 18.6 Å². The van der Waals surface area contributed by atoms with Gasteiger partial charge in [0.15, 0.2) is 5.82 Å². The molecule has 2 rings (SSSR count). The van der Waals surface area contributed by atoms with Crippen LogP contribution in [-0.4, -0.2) is 4.98 Å². The van der Waals surface area contributed by atoms with Gasteiger partial charge in [-0.1, -0.05) is 17.7 Å². The lowest BCUT2D eigenvalue weighted by molar-refractivity contribution is 0.582. The Balaban J connectivity index is 2.16. The second kappa shape index (κ2) is 4.98. The first kappa shape index (κ1) is 12.3. The summed E-state index contributed by atoms with van der Waals surface area (Å²) >= 11 is 6.98. The Morgan fingerprint density at radius 2 is 2.18 bits per heavy atom. The van der Waals surface area contributed by atoms with E-state index in [1.54, 1.807) is 6.92 Å². The molecule has 1 N–H and O–H groups in total. The zero-order chi connectivity index (χ0) is 12.4. The van der Waals surface area contributed by atoms with E-state index in [4.69, 9.17) is 11.6 Å². The summed E-state index contributed by atoms with van der Waals surface area (Å²) in [6.07, 6.45) is 1.51. The zero-order valence-electron chi connectivity index (χ0n) is 8.93. The smallest absolute Gasteiger partial charge is 0.152 e. The SMILES string of the molecule is Cc1ccc(F)c(NCc2ncc(Cl)s2)c1F. The molecule has 6 heteroatoms. The molecule has 0 aliphatic carbocycles. The number of benzene rings is 1. The second-order valence-corrected chi connectivity index (χ2v) is 5.21. The minimum absolute atomic E-state index is 0.128. The summed E-state index contributed by atoms with van der Waals surface area (Å²) in [6.45, 7) is 1.83. The highest BCUT2D eigenvalue weighted by atomic mass is 35.5. The first-order valence-electron chi connectivity index (χ1n) is 4.86. The van der Waals surface area contributed by atoms with E-state index in [9.17, 15) is 8.78 Å². The van der Waals surface area contributed by atoms with Crippen LogP contribution in [0.5, 0.6) is 0 Å². The third-order valence-electron chi connectivity index (χ3n) is 2.23. The lowest BCUT2D eigenvalue weighted by atomic mass is 10.2. The molecule has 2 nitrogen and oxygen atoms in total. The van der Waals surface area contributed by atoms with Crippen LogP contribution in [0.2, 0.25) is 4.34 Å². The number of nitrogens with zero attached hydrogens (tertiary/aromatic N) is 1. The zero-order valence-corrected chi connectivity index (χ0v) is 10.5. The minimum Gasteiger partial charge on any atom is -0.374 e. The molecule has 0 aliphatic rings. The Morgan fingerprint density at radius 1 is 1.41 bits per heavy atom. The van der Waals surface area contributed by atoms with E-state index >= 15 is 0 Å². The maximum absolute atomic E-state index is 13.6. The maximum Gasteiger partial charge on any atom is 0.152 e. The Bertz CT molecular complexity index is 542. The molecule has 90 valence electrons. The van der Waals surface area contributed by atoms with Crippen molar-refractivity contribution in [3.8, 4) is 0 Å². The van der Waals surface area contributed by atoms with Crippen LogP contribution < -0.4 is 5.32 Å². The molecule has 0 saturated carbocycles. The Kier molecular flexibility index (Phi) is 3.59. The van der Waals surface area contributed by atoms with E-state index in [0.29, 0.717) is 14.9 Å². The van der Waals surface area contributed by atoms with E-state index in [1.807, 2.05) is 0 Å². The third-order valence-corrected chi connectivity index (χ3v) is 3.34. The average Bonchev–Trinajstić information content (AvgIpc) is 2.70. The number of aryl methyl sites for hydroxylation is 1. The van der Waals surface area contributed by atoms with Crippen LogP contribution >= 0.6 is 22.9 Å². The minimum atomic E-state index is -0.615. The number of hydrogen-bond donors (Lipinski definition) is 1. The van der Waals surface area contributed by atoms with E-state index in [0.717, 1.165) is 0 Å². The van der Waals surface area contributed by atoms with Gasteiger partial charge in [0.05, 0.1) is 12.7 Å². The molecule has 0 fully saturated rings. The van der Waals surface area contributed by atoms with Crippen LogP contribution in [0.25, 0.3) is 0 Å². The van der Waals surface area contributed by atoms with E-state index in [-0.39, 0.29) is 12.2 Å². The van der Waals surface area contributed by atoms with Crippen molar-refractivity contribution in [3.63, 3.8) is 0 Å². The van der Waals surface area contributed by atoms with Crippen molar-refractivity contribution < 1.29 is 8.78 Å². The van der Waals surface area contributed by atoms with Crippen molar-refractivity contribution >= 4 is 28.6 Å². The Labute approximate surface area is 106 Å². The number of nitrogens with one attached hydrogen (secondary N) is 1. The van der Waals surface area contributed by atoms with Gasteiger partial charge in [0.1, 0.15) is 20.8 Å². The summed E-state index contributed by atoms with van der Waals surface area (Å²) in [5.74, 6) is -1.19. The summed E-state index contributed by atoms with van der Waals surface area (Å²) in [6, 6.07) is 2.63. The van der Waals surface area contributed by atoms with E-state index in [2.05, 4.69) is 10.3 Å². The number of rotatable bonds is 3. The van der Waals surface area contributed by atoms with Crippen molar-refractivity contribution in [1.29, 1.82) is 0 Å². The Hall–Kier alpha value is -1.20. The number of anilines is 1. The molecule has 0 atom stereocenters. The van der Waals surface area contributed by atoms with Gasteiger partial charge >= 0.3 is 0 Å². The van der Waals surface area contributed by atoms with Crippen LogP contribution in [0.15, 0.2) is 18.3 Å². The van der Waals surface area contributed by atoms with Gasteiger partial charge < -0.3 is 5.32 Å². The largest absolute Gasteiger partial charge is 0.374 e. The topological polar surface area (TPSA) is 24.9 Å². The summed E-state index contributed by atoms with van der Waals surface area (Å²) in [7, 11) is 0. The van der Waals surface area contributed by atoms with Crippen molar-refractivity contribution in [2.75, 3.05) is 5.32 Å². The molecule has 0 bridgehead atoms. The molecule has 0 aliphatic heterocycles. The Morgan fingerprint density at radius 3 is 2.82 bits per heavy atom. The lowest BCUT2D eigenvalue weighted by Crippen LogP contribution is -2.04. The van der Waals surface area contributed by atoms with Crippen molar-refractivity contribution in [2.24, 2.45) is 0 Å². The van der Waals surface area contributed by atoms with E-state index < -0.39 is 11.6 Å². The molecular formula is C11H9ClF2N2S. The fraction of sp³-hybridized carbons (Fsp3) is 0.182. The standard InChI is InChI=1S/C11H9ClF2N2S/c1-6-2-3-7(13)11(10(6)14)16-5-9-15-4-8(12)17-9/h2-4,16H,5H2,1H3. The molecule has 0 spiro atoms. The maximum atomic E-state index is 13.6. The summed E-state index contributed by atoms with van der Waals surface area (Å²) in [4.78, 5) is 3.99. The van der Waals surface area contributed by atoms with Gasteiger partial charge in [-0.05, 0) is 18.6 Å². The molecule has 17 heavy (non-hydrogen) atoms. The quantitative estimate of drug-likeness (QED) is 0.915. The van der Waals surface area contributed by atoms with Gasteiger partial charge in [0.2, 0.25) is 0 Å². The van der Waals surface area contributed by atoms with Crippen molar-refractivity contribution in [1.82, 2.24) is 4.98 Å². The fourth-order valence-corrected chi connectivity index (χ4v) is 2.25. The number of thiazole rings is 1. The highest BCUT2D eigenvalue weighted by molar-refractivity contribution is 7.15. The predicted octanol–water partition coefficient (Wildman–Crippen LogP) is 4.00. The molecule has 1 aromatic carbocycles. The van der Waals surface area contributed by atoms with Crippen LogP contribution in [0.4, 0.5) is 14.5 Å². The van der Waals surface area contributed by atoms with Crippen LogP contribution in [-0.2, 0) is 6.54 Å². The second-order valence-electron chi connectivity index (χ2n) is 3.46. The molecule has 0 amide bonds. The van der Waals surface area contributed by atoms with Gasteiger partial charge in [0.25, 0.3) is 0 Å². The predicted molar refractivity (Wildman–Crippen MR) is 65.5 cm³/mol. The number of aromatic nitrogens is 1. The van der Waals surface area contributed by atoms with Crippen LogP contribution in [0.3, 0.4) is 0 Å². The highest BCUT2D eigenvalue weighted by Gasteiger charge is 2.11. The molecule has 0 radical (unpaired) electrons. The lowest BCUT2D eigenvalue weighted by Gasteiger charge is -2.08. The van der Waals surface area contributed by atoms with Gasteiger partial charge in [-0.25, -0.2) is 13.8 Å². The fourth-order valence-electron chi connectivity index (χ4n) is 1.35. The van der Waals surface area contributed by atoms with Crippen LogP contribution in [0.1, 0.15) is 10.6 Å². The summed E-state index contributed by atoms with van der Waals surface area (Å²) in [5.41, 5.74) is 0.266. The highest BCUT2D eigenvalue weighted by Crippen LogP contribution is 2.24. The molecular weight excluding hydrogens is 266 g/mol. The summed E-state index contributed by atoms with van der Waals surface area (Å²) in [5, 5.41) is 3.37. The van der Waals surface area contributed by atoms with Gasteiger partial charge in [-0.15, -0.1) is 11.3 Å². The molecule has 0 unspecified atom stereocenters. The molecule has 1 aromatic heterocycles. The monoisotopic (exact) mass is 274 g/mol. The molecule has 2 aromatic rings. The first-order valence-corrected chi connectivity index (χ1v) is 6.06.